The topological polar surface area (TPSA) is 130 Å². The van der Waals surface area contributed by atoms with Gasteiger partial charge in [-0.2, -0.15) is 0 Å². The molecule has 0 saturated heterocycles. The maximum absolute atomic E-state index is 12.3. The number of H-pyrrole nitrogens is 1. The molecule has 0 aliphatic carbocycles. The fourth-order valence-corrected chi connectivity index (χ4v) is 5.81. The van der Waals surface area contributed by atoms with Gasteiger partial charge in [-0.25, -0.2) is 4.79 Å². The number of carbonyl (C=O) groups is 2. The number of thiazole rings is 1. The number of aromatic hydroxyl groups is 1. The number of aromatic nitrogens is 1. The zero-order valence-corrected chi connectivity index (χ0v) is 23.0. The predicted octanol–water partition coefficient (Wildman–Crippen LogP) is 5.81. The van der Waals surface area contributed by atoms with Crippen LogP contribution in [0.15, 0.2) is 65.5 Å². The molecule has 11 heteroatoms. The van der Waals surface area contributed by atoms with Crippen LogP contribution in [0.3, 0.4) is 0 Å². The minimum absolute atomic E-state index is 0.0426. The number of rotatable bonds is 8. The summed E-state index contributed by atoms with van der Waals surface area (Å²) in [5.41, 5.74) is 4.55. The molecular formula is C29H26ClN3O6S. The van der Waals surface area contributed by atoms with Gasteiger partial charge in [0.05, 0.1) is 17.7 Å². The number of methoxy groups -OCH3 is 1. The highest BCUT2D eigenvalue weighted by atomic mass is 35.5. The molecule has 4 N–H and O–H groups in total. The number of nitrogens with one attached hydrogen (secondary N) is 3. The van der Waals surface area contributed by atoms with E-state index in [1.807, 2.05) is 24.3 Å². The van der Waals surface area contributed by atoms with Crippen LogP contribution in [0.2, 0.25) is 5.02 Å². The molecule has 3 aromatic carbocycles. The Morgan fingerprint density at radius 1 is 1.10 bits per heavy atom. The predicted molar refractivity (Wildman–Crippen MR) is 154 cm³/mol. The molecule has 0 spiro atoms. The summed E-state index contributed by atoms with van der Waals surface area (Å²) in [6, 6.07) is 18.1. The molecule has 1 aromatic heterocycles. The van der Waals surface area contributed by atoms with E-state index < -0.39 is 6.09 Å². The van der Waals surface area contributed by atoms with Crippen molar-refractivity contribution in [3.8, 4) is 11.6 Å². The summed E-state index contributed by atoms with van der Waals surface area (Å²) in [6.07, 6.45) is 0.663. The number of ether oxygens (including phenoxy) is 2. The first kappa shape index (κ1) is 27.3. The molecule has 2 amide bonds. The molecule has 2 heterocycles. The number of hydrogen-bond acceptors (Lipinski definition) is 7. The SMILES string of the molecule is COc1ccc(C(Cc2ccc(NC(=O)OCc3ccccc3Cl)cc2)c2sc(=O)[nH]c2O)c2c1NC(=O)CC2. The second-order valence-electron chi connectivity index (χ2n) is 9.23. The molecule has 1 aliphatic heterocycles. The highest BCUT2D eigenvalue weighted by Gasteiger charge is 2.29. The highest BCUT2D eigenvalue weighted by Crippen LogP contribution is 2.43. The summed E-state index contributed by atoms with van der Waals surface area (Å²) >= 11 is 7.07. The Morgan fingerprint density at radius 3 is 2.58 bits per heavy atom. The third-order valence-electron chi connectivity index (χ3n) is 6.70. The first-order chi connectivity index (χ1) is 19.3. The Hall–Kier alpha value is -4.28. The van der Waals surface area contributed by atoms with Gasteiger partial charge in [-0.3, -0.25) is 19.9 Å². The van der Waals surface area contributed by atoms with Gasteiger partial charge in [0.2, 0.25) is 11.8 Å². The summed E-state index contributed by atoms with van der Waals surface area (Å²) in [7, 11) is 1.54. The lowest BCUT2D eigenvalue weighted by atomic mass is 9.84. The average Bonchev–Trinajstić information content (AvgIpc) is 3.28. The van der Waals surface area contributed by atoms with E-state index >= 15 is 0 Å². The monoisotopic (exact) mass is 579 g/mol. The van der Waals surface area contributed by atoms with Gasteiger partial charge in [-0.1, -0.05) is 59.3 Å². The van der Waals surface area contributed by atoms with Crippen molar-refractivity contribution in [1.29, 1.82) is 0 Å². The Morgan fingerprint density at radius 2 is 1.88 bits per heavy atom. The van der Waals surface area contributed by atoms with Gasteiger partial charge < -0.3 is 19.9 Å². The zero-order chi connectivity index (χ0) is 28.2. The number of carbonyl (C=O) groups excluding carboxylic acids is 2. The molecular weight excluding hydrogens is 554 g/mol. The maximum Gasteiger partial charge on any atom is 0.411 e. The van der Waals surface area contributed by atoms with E-state index in [2.05, 4.69) is 15.6 Å². The van der Waals surface area contributed by atoms with Crippen LogP contribution in [-0.4, -0.2) is 29.2 Å². The molecule has 9 nitrogen and oxygen atoms in total. The van der Waals surface area contributed by atoms with E-state index in [4.69, 9.17) is 21.1 Å². The summed E-state index contributed by atoms with van der Waals surface area (Å²) < 4.78 is 10.8. The lowest BCUT2D eigenvalue weighted by molar-refractivity contribution is -0.116. The van der Waals surface area contributed by atoms with E-state index in [0.29, 0.717) is 51.8 Å². The minimum atomic E-state index is -0.612. The van der Waals surface area contributed by atoms with Gasteiger partial charge in [0, 0.05) is 28.6 Å². The van der Waals surface area contributed by atoms with Gasteiger partial charge in [0.1, 0.15) is 12.4 Å². The molecule has 5 rings (SSSR count). The van der Waals surface area contributed by atoms with Crippen LogP contribution in [0, 0.1) is 0 Å². The highest BCUT2D eigenvalue weighted by molar-refractivity contribution is 7.09. The van der Waals surface area contributed by atoms with E-state index in [9.17, 15) is 19.5 Å². The van der Waals surface area contributed by atoms with Crippen molar-refractivity contribution < 1.29 is 24.2 Å². The molecule has 0 saturated carbocycles. The quantitative estimate of drug-likeness (QED) is 0.208. The second kappa shape index (κ2) is 11.8. The van der Waals surface area contributed by atoms with Crippen LogP contribution >= 0.6 is 22.9 Å². The molecule has 40 heavy (non-hydrogen) atoms. The van der Waals surface area contributed by atoms with Crippen LogP contribution in [0.4, 0.5) is 16.2 Å². The standard InChI is InChI=1S/C29H26ClN3O6S/c1-38-23-12-10-19(20-11-13-24(34)32-25(20)23)21(26-27(35)33-29(37)40-26)14-16-6-8-18(9-7-16)31-28(36)39-15-17-4-2-3-5-22(17)30/h2-10,12,21,35H,11,13-15H2,1H3,(H,31,36)(H,32,34)(H,33,37). The van der Waals surface area contributed by atoms with Crippen molar-refractivity contribution in [2.24, 2.45) is 0 Å². The number of hydrogen-bond donors (Lipinski definition) is 4. The van der Waals surface area contributed by atoms with Gasteiger partial charge in [0.15, 0.2) is 0 Å². The third-order valence-corrected chi connectivity index (χ3v) is 8.06. The van der Waals surface area contributed by atoms with Crippen LogP contribution in [0.25, 0.3) is 0 Å². The van der Waals surface area contributed by atoms with Gasteiger partial charge in [-0.05, 0) is 53.8 Å². The van der Waals surface area contributed by atoms with Crippen molar-refractivity contribution in [1.82, 2.24) is 4.98 Å². The molecule has 1 atom stereocenters. The normalized spacial score (nSPS) is 13.2. The number of anilines is 2. The van der Waals surface area contributed by atoms with Crippen molar-refractivity contribution in [2.45, 2.75) is 31.8 Å². The molecule has 0 fully saturated rings. The maximum atomic E-state index is 12.3. The van der Waals surface area contributed by atoms with Crippen LogP contribution in [-0.2, 0) is 29.0 Å². The number of aromatic amines is 1. The second-order valence-corrected chi connectivity index (χ2v) is 10.7. The van der Waals surface area contributed by atoms with Crippen molar-refractivity contribution in [2.75, 3.05) is 17.7 Å². The van der Waals surface area contributed by atoms with E-state index in [0.717, 1.165) is 28.0 Å². The average molecular weight is 580 g/mol. The fraction of sp³-hybridized carbons (Fsp3) is 0.207. The number of halogens is 1. The van der Waals surface area contributed by atoms with Gasteiger partial charge in [0.25, 0.3) is 0 Å². The van der Waals surface area contributed by atoms with Crippen LogP contribution in [0.1, 0.15) is 39.5 Å². The molecule has 1 unspecified atom stereocenters. The van der Waals surface area contributed by atoms with Crippen molar-refractivity contribution in [3.63, 3.8) is 0 Å². The van der Waals surface area contributed by atoms with Crippen LogP contribution < -0.4 is 20.2 Å². The number of benzene rings is 3. The minimum Gasteiger partial charge on any atom is -0.495 e. The first-order valence-corrected chi connectivity index (χ1v) is 13.7. The summed E-state index contributed by atoms with van der Waals surface area (Å²) in [5.74, 6) is -0.0991. The van der Waals surface area contributed by atoms with Gasteiger partial charge in [-0.15, -0.1) is 0 Å². The molecule has 1 aliphatic rings. The fourth-order valence-electron chi connectivity index (χ4n) is 4.77. The Bertz CT molecular complexity index is 1620. The first-order valence-electron chi connectivity index (χ1n) is 12.5. The smallest absolute Gasteiger partial charge is 0.411 e. The zero-order valence-electron chi connectivity index (χ0n) is 21.5. The summed E-state index contributed by atoms with van der Waals surface area (Å²) in [5, 5.41) is 16.7. The van der Waals surface area contributed by atoms with E-state index in [-0.39, 0.29) is 29.2 Å². The summed E-state index contributed by atoms with van der Waals surface area (Å²) in [6.45, 7) is 0.0426. The Labute approximate surface area is 238 Å². The molecule has 0 bridgehead atoms. The van der Waals surface area contributed by atoms with Crippen LogP contribution in [0.5, 0.6) is 11.6 Å². The summed E-state index contributed by atoms with van der Waals surface area (Å²) in [4.78, 5) is 39.2. The largest absolute Gasteiger partial charge is 0.495 e. The Kier molecular flexibility index (Phi) is 8.09. The number of fused-ring (bicyclic) bond motifs is 1. The van der Waals surface area contributed by atoms with Crippen molar-refractivity contribution in [3.05, 3.63) is 102 Å². The van der Waals surface area contributed by atoms with Gasteiger partial charge >= 0.3 is 11.0 Å². The lowest BCUT2D eigenvalue weighted by Crippen LogP contribution is -2.22. The lowest BCUT2D eigenvalue weighted by Gasteiger charge is -2.26. The van der Waals surface area contributed by atoms with E-state index in [1.54, 1.807) is 43.5 Å². The van der Waals surface area contributed by atoms with Crippen molar-refractivity contribution >= 4 is 46.3 Å². The number of amides is 2. The van der Waals surface area contributed by atoms with E-state index in [1.165, 1.54) is 0 Å². The third kappa shape index (κ3) is 5.98. The molecule has 4 aromatic rings. The molecule has 0 radical (unpaired) electrons. The molecule has 206 valence electrons. The Balaban J connectivity index is 1.37.